The van der Waals surface area contributed by atoms with Crippen LogP contribution in [0, 0.1) is 11.8 Å². The molecular weight excluding hydrogens is 320 g/mol. The molecule has 134 valence electrons. The fourth-order valence-corrected chi connectivity index (χ4v) is 3.46. The maximum atomic E-state index is 11.4. The highest BCUT2D eigenvalue weighted by atomic mass is 16.5. The summed E-state index contributed by atoms with van der Waals surface area (Å²) in [6, 6.07) is 15.7. The minimum Gasteiger partial charge on any atom is -0.459 e. The van der Waals surface area contributed by atoms with Gasteiger partial charge in [-0.15, -0.1) is 0 Å². The van der Waals surface area contributed by atoms with Crippen LogP contribution in [0.4, 0.5) is 0 Å². The molecule has 0 amide bonds. The SMILES string of the molecule is COC(=O)C#Cc1cc2ccc1CCCCc1ccc(cc1)CCCC2. The lowest BCUT2D eigenvalue weighted by Gasteiger charge is -2.10. The van der Waals surface area contributed by atoms with Crippen LogP contribution in [-0.2, 0) is 35.2 Å². The molecule has 0 saturated carbocycles. The third-order valence-corrected chi connectivity index (χ3v) is 5.02. The summed E-state index contributed by atoms with van der Waals surface area (Å²) >= 11 is 0. The Morgan fingerprint density at radius 2 is 1.35 bits per heavy atom. The van der Waals surface area contributed by atoms with Crippen LogP contribution in [0.25, 0.3) is 0 Å². The molecule has 2 aromatic carbocycles. The van der Waals surface area contributed by atoms with E-state index in [1.54, 1.807) is 0 Å². The number of ether oxygens (including phenoxy) is 1. The van der Waals surface area contributed by atoms with Crippen molar-refractivity contribution in [1.29, 1.82) is 0 Å². The van der Waals surface area contributed by atoms with Gasteiger partial charge in [0.2, 0.25) is 0 Å². The van der Waals surface area contributed by atoms with Gasteiger partial charge in [-0.1, -0.05) is 42.3 Å². The van der Waals surface area contributed by atoms with Crippen molar-refractivity contribution in [2.45, 2.75) is 51.4 Å². The van der Waals surface area contributed by atoms with Gasteiger partial charge in [0, 0.05) is 11.5 Å². The molecule has 6 rings (SSSR count). The molecule has 0 aliphatic heterocycles. The first kappa shape index (κ1) is 18.3. The monoisotopic (exact) mass is 346 g/mol. The molecule has 0 fully saturated rings. The van der Waals surface area contributed by atoms with Crippen LogP contribution in [0.5, 0.6) is 0 Å². The van der Waals surface area contributed by atoms with Gasteiger partial charge in [-0.3, -0.25) is 0 Å². The van der Waals surface area contributed by atoms with Crippen molar-refractivity contribution in [3.8, 4) is 11.8 Å². The largest absolute Gasteiger partial charge is 0.459 e. The first-order chi connectivity index (χ1) is 12.7. The number of rotatable bonds is 0. The first-order valence-electron chi connectivity index (χ1n) is 9.54. The van der Waals surface area contributed by atoms with Gasteiger partial charge in [0.25, 0.3) is 0 Å². The van der Waals surface area contributed by atoms with Gasteiger partial charge >= 0.3 is 5.97 Å². The highest BCUT2D eigenvalue weighted by molar-refractivity contribution is 5.89. The van der Waals surface area contributed by atoms with Crippen molar-refractivity contribution in [3.63, 3.8) is 0 Å². The molecule has 0 N–H and O–H groups in total. The number of carbonyl (C=O) groups is 1. The highest BCUT2D eigenvalue weighted by Crippen LogP contribution is 2.18. The maximum absolute atomic E-state index is 11.4. The molecule has 2 nitrogen and oxygen atoms in total. The fourth-order valence-electron chi connectivity index (χ4n) is 3.46. The molecule has 0 aromatic heterocycles. The van der Waals surface area contributed by atoms with Crippen LogP contribution >= 0.6 is 0 Å². The topological polar surface area (TPSA) is 26.3 Å². The zero-order valence-corrected chi connectivity index (χ0v) is 15.5. The third-order valence-electron chi connectivity index (χ3n) is 5.02. The van der Waals surface area contributed by atoms with Gasteiger partial charge in [0.15, 0.2) is 0 Å². The molecular formula is C24H26O2. The Morgan fingerprint density at radius 3 is 1.96 bits per heavy atom. The van der Waals surface area contributed by atoms with Crippen LogP contribution in [0.2, 0.25) is 0 Å². The molecule has 4 aliphatic rings. The summed E-state index contributed by atoms with van der Waals surface area (Å²) in [6.07, 6.45) is 8.90. The Morgan fingerprint density at radius 1 is 0.808 bits per heavy atom. The van der Waals surface area contributed by atoms with E-state index in [0.29, 0.717) is 0 Å². The minimum absolute atomic E-state index is 0.480. The van der Waals surface area contributed by atoms with Gasteiger partial charge in [0.1, 0.15) is 0 Å². The Labute approximate surface area is 156 Å². The number of carbonyl (C=O) groups excluding carboxylic acids is 1. The van der Waals surface area contributed by atoms with E-state index in [4.69, 9.17) is 0 Å². The smallest absolute Gasteiger partial charge is 0.384 e. The summed E-state index contributed by atoms with van der Waals surface area (Å²) < 4.78 is 4.65. The second-order valence-corrected chi connectivity index (χ2v) is 6.96. The average molecular weight is 346 g/mol. The molecule has 0 heterocycles. The van der Waals surface area contributed by atoms with Crippen molar-refractivity contribution >= 4 is 5.97 Å². The van der Waals surface area contributed by atoms with Crippen molar-refractivity contribution in [2.75, 3.05) is 7.11 Å². The van der Waals surface area contributed by atoms with Crippen molar-refractivity contribution < 1.29 is 9.53 Å². The summed E-state index contributed by atoms with van der Waals surface area (Å²) in [5, 5.41) is 0. The van der Waals surface area contributed by atoms with E-state index in [0.717, 1.165) is 50.5 Å². The number of methoxy groups -OCH3 is 1. The first-order valence-corrected chi connectivity index (χ1v) is 9.54. The zero-order chi connectivity index (χ0) is 18.2. The van der Waals surface area contributed by atoms with Crippen LogP contribution in [-0.4, -0.2) is 13.1 Å². The van der Waals surface area contributed by atoms with Crippen LogP contribution in [0.3, 0.4) is 0 Å². The summed E-state index contributed by atoms with van der Waals surface area (Å²) in [6.45, 7) is 0. The van der Waals surface area contributed by atoms with Crippen molar-refractivity contribution in [1.82, 2.24) is 0 Å². The van der Waals surface area contributed by atoms with E-state index in [1.165, 1.54) is 35.8 Å². The van der Waals surface area contributed by atoms with Gasteiger partial charge in [-0.25, -0.2) is 4.79 Å². The van der Waals surface area contributed by atoms with E-state index >= 15 is 0 Å². The lowest BCUT2D eigenvalue weighted by molar-refractivity contribution is -0.133. The summed E-state index contributed by atoms with van der Waals surface area (Å²) in [5.74, 6) is 5.14. The summed E-state index contributed by atoms with van der Waals surface area (Å²) in [5.41, 5.74) is 6.35. The van der Waals surface area contributed by atoms with Gasteiger partial charge in [-0.2, -0.15) is 0 Å². The molecule has 4 aliphatic carbocycles. The van der Waals surface area contributed by atoms with Gasteiger partial charge in [0.05, 0.1) is 7.11 Å². The Balaban J connectivity index is 1.80. The summed E-state index contributed by atoms with van der Waals surface area (Å²) in [7, 11) is 1.37. The van der Waals surface area contributed by atoms with Crippen LogP contribution in [0.1, 0.15) is 53.5 Å². The lowest BCUT2D eigenvalue weighted by atomic mass is 9.95. The predicted molar refractivity (Wildman–Crippen MR) is 105 cm³/mol. The molecule has 4 bridgehead atoms. The van der Waals surface area contributed by atoms with Crippen LogP contribution in [0.15, 0.2) is 42.5 Å². The molecule has 0 atom stereocenters. The number of esters is 1. The Bertz CT molecular complexity index is 806. The van der Waals surface area contributed by atoms with E-state index in [2.05, 4.69) is 59.0 Å². The quantitative estimate of drug-likeness (QED) is 0.512. The third kappa shape index (κ3) is 5.23. The maximum Gasteiger partial charge on any atom is 0.384 e. The van der Waals surface area contributed by atoms with Crippen LogP contribution < -0.4 is 0 Å². The molecule has 0 radical (unpaired) electrons. The van der Waals surface area contributed by atoms with E-state index in [1.807, 2.05) is 0 Å². The fraction of sp³-hybridized carbons (Fsp3) is 0.375. The Kier molecular flexibility index (Phi) is 6.50. The number of hydrogen-bond donors (Lipinski definition) is 0. The van der Waals surface area contributed by atoms with E-state index < -0.39 is 5.97 Å². The van der Waals surface area contributed by atoms with Gasteiger partial charge < -0.3 is 4.74 Å². The predicted octanol–water partition coefficient (Wildman–Crippen LogP) is 4.66. The molecule has 26 heavy (non-hydrogen) atoms. The van der Waals surface area contributed by atoms with E-state index in [9.17, 15) is 4.79 Å². The molecule has 0 unspecified atom stereocenters. The van der Waals surface area contributed by atoms with Crippen molar-refractivity contribution in [2.24, 2.45) is 0 Å². The van der Waals surface area contributed by atoms with Crippen molar-refractivity contribution in [3.05, 3.63) is 70.3 Å². The Hall–Kier alpha value is -2.53. The average Bonchev–Trinajstić information content (AvgIpc) is 2.67. The minimum atomic E-state index is -0.480. The number of hydrogen-bond acceptors (Lipinski definition) is 2. The molecule has 0 spiro atoms. The second kappa shape index (κ2) is 9.25. The van der Waals surface area contributed by atoms with E-state index in [-0.39, 0.29) is 0 Å². The summed E-state index contributed by atoms with van der Waals surface area (Å²) in [4.78, 5) is 11.4. The highest BCUT2D eigenvalue weighted by Gasteiger charge is 2.05. The molecule has 0 saturated heterocycles. The zero-order valence-electron chi connectivity index (χ0n) is 15.5. The number of aryl methyl sites for hydroxylation is 4. The van der Waals surface area contributed by atoms with Gasteiger partial charge in [-0.05, 0) is 79.7 Å². The molecule has 2 aromatic rings. The normalized spacial score (nSPS) is 14.5. The number of benzene rings is 2. The second-order valence-electron chi connectivity index (χ2n) is 6.96. The lowest BCUT2D eigenvalue weighted by Crippen LogP contribution is -1.99. The standard InChI is InChI=1S/C24H26O2/c1-26-24(25)17-16-23-18-21-8-3-2-6-19-10-12-20(13-11-19)7-4-5-9-22(23)15-14-21/h10-15,18H,2-9H2,1H3. The molecule has 2 heteroatoms.